The van der Waals surface area contributed by atoms with Crippen molar-refractivity contribution >= 4 is 11.3 Å². The molecule has 16 heavy (non-hydrogen) atoms. The minimum Gasteiger partial charge on any atom is -0.383 e. The standard InChI is InChI=1S/C12H22N2OS/c1-10(12-6-5-7-16-12)14(3)11(8-13-2)9-15-4/h5-7,10-11,13H,8-9H2,1-4H3. The highest BCUT2D eigenvalue weighted by Crippen LogP contribution is 2.24. The van der Waals surface area contributed by atoms with E-state index in [0.717, 1.165) is 13.2 Å². The molecule has 0 bridgehead atoms. The van der Waals surface area contributed by atoms with Crippen LogP contribution < -0.4 is 5.32 Å². The summed E-state index contributed by atoms with van der Waals surface area (Å²) in [5.41, 5.74) is 0. The zero-order chi connectivity index (χ0) is 12.0. The molecule has 0 aliphatic heterocycles. The SMILES string of the molecule is CNCC(COC)N(C)C(C)c1cccs1. The van der Waals surface area contributed by atoms with Gasteiger partial charge >= 0.3 is 0 Å². The molecule has 0 saturated carbocycles. The molecule has 1 N–H and O–H groups in total. The molecule has 1 heterocycles. The van der Waals surface area contributed by atoms with Gasteiger partial charge < -0.3 is 10.1 Å². The molecule has 4 heteroatoms. The van der Waals surface area contributed by atoms with Crippen LogP contribution in [0.25, 0.3) is 0 Å². The number of rotatable bonds is 7. The van der Waals surface area contributed by atoms with Gasteiger partial charge in [0.1, 0.15) is 0 Å². The topological polar surface area (TPSA) is 24.5 Å². The predicted octanol–water partition coefficient (Wildman–Crippen LogP) is 1.98. The Hall–Kier alpha value is -0.420. The van der Waals surface area contributed by atoms with Crippen molar-refractivity contribution in [2.24, 2.45) is 0 Å². The van der Waals surface area contributed by atoms with E-state index in [2.05, 4.69) is 41.7 Å². The lowest BCUT2D eigenvalue weighted by atomic mass is 10.2. The highest BCUT2D eigenvalue weighted by Gasteiger charge is 2.20. The van der Waals surface area contributed by atoms with Crippen LogP contribution in [0.15, 0.2) is 17.5 Å². The van der Waals surface area contributed by atoms with Crippen molar-refractivity contribution in [3.63, 3.8) is 0 Å². The van der Waals surface area contributed by atoms with Gasteiger partial charge in [-0.15, -0.1) is 11.3 Å². The van der Waals surface area contributed by atoms with Crippen LogP contribution in [0.5, 0.6) is 0 Å². The largest absolute Gasteiger partial charge is 0.383 e. The number of nitrogens with one attached hydrogen (secondary N) is 1. The number of thiophene rings is 1. The Morgan fingerprint density at radius 3 is 2.81 bits per heavy atom. The van der Waals surface area contributed by atoms with E-state index in [1.807, 2.05) is 18.4 Å². The molecule has 0 saturated heterocycles. The Labute approximate surface area is 102 Å². The predicted molar refractivity (Wildman–Crippen MR) is 70.1 cm³/mol. The van der Waals surface area contributed by atoms with Crippen LogP contribution in [-0.4, -0.2) is 45.3 Å². The monoisotopic (exact) mass is 242 g/mol. The van der Waals surface area contributed by atoms with Gasteiger partial charge in [-0.3, -0.25) is 4.90 Å². The van der Waals surface area contributed by atoms with Crippen molar-refractivity contribution in [3.05, 3.63) is 22.4 Å². The number of ether oxygens (including phenoxy) is 1. The van der Waals surface area contributed by atoms with Crippen molar-refractivity contribution < 1.29 is 4.74 Å². The highest BCUT2D eigenvalue weighted by atomic mass is 32.1. The molecule has 3 nitrogen and oxygen atoms in total. The molecule has 92 valence electrons. The molecule has 0 aliphatic carbocycles. The van der Waals surface area contributed by atoms with Crippen LogP contribution in [0.2, 0.25) is 0 Å². The van der Waals surface area contributed by atoms with Gasteiger partial charge in [-0.25, -0.2) is 0 Å². The summed E-state index contributed by atoms with van der Waals surface area (Å²) in [6.07, 6.45) is 0. The van der Waals surface area contributed by atoms with E-state index in [-0.39, 0.29) is 0 Å². The molecule has 0 radical (unpaired) electrons. The maximum Gasteiger partial charge on any atom is 0.0630 e. The zero-order valence-electron chi connectivity index (χ0n) is 10.6. The number of hydrogen-bond donors (Lipinski definition) is 1. The van der Waals surface area contributed by atoms with E-state index < -0.39 is 0 Å². The summed E-state index contributed by atoms with van der Waals surface area (Å²) in [4.78, 5) is 3.77. The van der Waals surface area contributed by atoms with Gasteiger partial charge in [-0.1, -0.05) is 6.07 Å². The number of nitrogens with zero attached hydrogens (tertiary/aromatic N) is 1. The van der Waals surface area contributed by atoms with Gasteiger partial charge in [0.2, 0.25) is 0 Å². The summed E-state index contributed by atoms with van der Waals surface area (Å²) >= 11 is 1.81. The van der Waals surface area contributed by atoms with Crippen molar-refractivity contribution in [1.29, 1.82) is 0 Å². The highest BCUT2D eigenvalue weighted by molar-refractivity contribution is 7.10. The Morgan fingerprint density at radius 2 is 2.31 bits per heavy atom. The quantitative estimate of drug-likeness (QED) is 0.791. The molecule has 0 aliphatic rings. The molecule has 0 amide bonds. The molecule has 1 aromatic rings. The number of likely N-dealkylation sites (N-methyl/N-ethyl adjacent to an activating group) is 2. The third-order valence-corrected chi connectivity index (χ3v) is 3.98. The summed E-state index contributed by atoms with van der Waals surface area (Å²) < 4.78 is 5.27. The Bertz CT molecular complexity index is 271. The first-order valence-electron chi connectivity index (χ1n) is 5.59. The van der Waals surface area contributed by atoms with Gasteiger partial charge in [0.15, 0.2) is 0 Å². The van der Waals surface area contributed by atoms with Crippen LogP contribution in [0.4, 0.5) is 0 Å². The molecule has 0 fully saturated rings. The summed E-state index contributed by atoms with van der Waals surface area (Å²) in [7, 11) is 5.89. The molecular weight excluding hydrogens is 220 g/mol. The smallest absolute Gasteiger partial charge is 0.0630 e. The lowest BCUT2D eigenvalue weighted by Gasteiger charge is -2.32. The average Bonchev–Trinajstić information content (AvgIpc) is 2.80. The summed E-state index contributed by atoms with van der Waals surface area (Å²) in [5.74, 6) is 0. The minimum atomic E-state index is 0.409. The maximum absolute atomic E-state index is 5.27. The van der Waals surface area contributed by atoms with Crippen molar-refractivity contribution in [1.82, 2.24) is 10.2 Å². The van der Waals surface area contributed by atoms with E-state index >= 15 is 0 Å². The van der Waals surface area contributed by atoms with Gasteiger partial charge in [0.25, 0.3) is 0 Å². The number of methoxy groups -OCH3 is 1. The molecule has 1 rings (SSSR count). The normalized spacial score (nSPS) is 15.3. The van der Waals surface area contributed by atoms with E-state index in [0.29, 0.717) is 12.1 Å². The second-order valence-electron chi connectivity index (χ2n) is 4.02. The van der Waals surface area contributed by atoms with E-state index in [9.17, 15) is 0 Å². The van der Waals surface area contributed by atoms with Crippen molar-refractivity contribution in [2.75, 3.05) is 34.4 Å². The maximum atomic E-state index is 5.27. The first kappa shape index (κ1) is 13.6. The van der Waals surface area contributed by atoms with Crippen molar-refractivity contribution in [3.8, 4) is 0 Å². The lowest BCUT2D eigenvalue weighted by Crippen LogP contribution is -2.43. The Balaban J connectivity index is 2.62. The second kappa shape index (κ2) is 7.01. The first-order chi connectivity index (χ1) is 7.70. The molecule has 1 aromatic heterocycles. The van der Waals surface area contributed by atoms with Crippen molar-refractivity contribution in [2.45, 2.75) is 19.0 Å². The molecule has 2 unspecified atom stereocenters. The molecule has 2 atom stereocenters. The van der Waals surface area contributed by atoms with Gasteiger partial charge in [-0.05, 0) is 32.5 Å². The van der Waals surface area contributed by atoms with Gasteiger partial charge in [0, 0.05) is 30.6 Å². The first-order valence-corrected chi connectivity index (χ1v) is 6.47. The van der Waals surface area contributed by atoms with Crippen LogP contribution >= 0.6 is 11.3 Å². The zero-order valence-corrected chi connectivity index (χ0v) is 11.4. The summed E-state index contributed by atoms with van der Waals surface area (Å²) in [5, 5.41) is 5.34. The van der Waals surface area contributed by atoms with Gasteiger partial charge in [0.05, 0.1) is 6.61 Å². The van der Waals surface area contributed by atoms with Crippen LogP contribution in [0.3, 0.4) is 0 Å². The fraction of sp³-hybridized carbons (Fsp3) is 0.667. The van der Waals surface area contributed by atoms with E-state index in [1.165, 1.54) is 4.88 Å². The van der Waals surface area contributed by atoms with Crippen LogP contribution in [0, 0.1) is 0 Å². The van der Waals surface area contributed by atoms with Crippen LogP contribution in [-0.2, 0) is 4.74 Å². The lowest BCUT2D eigenvalue weighted by molar-refractivity contribution is 0.0856. The molecular formula is C12H22N2OS. The van der Waals surface area contributed by atoms with Gasteiger partial charge in [-0.2, -0.15) is 0 Å². The van der Waals surface area contributed by atoms with Crippen LogP contribution in [0.1, 0.15) is 17.8 Å². The molecule has 0 spiro atoms. The average molecular weight is 242 g/mol. The Kier molecular flexibility index (Phi) is 5.98. The summed E-state index contributed by atoms with van der Waals surface area (Å²) in [6, 6.07) is 5.14. The Morgan fingerprint density at radius 1 is 1.56 bits per heavy atom. The number of hydrogen-bond acceptors (Lipinski definition) is 4. The fourth-order valence-corrected chi connectivity index (χ4v) is 2.63. The third-order valence-electron chi connectivity index (χ3n) is 2.94. The van der Waals surface area contributed by atoms with E-state index in [1.54, 1.807) is 7.11 Å². The fourth-order valence-electron chi connectivity index (χ4n) is 1.79. The summed E-state index contributed by atoms with van der Waals surface area (Å²) in [6.45, 7) is 3.94. The third kappa shape index (κ3) is 3.56. The minimum absolute atomic E-state index is 0.409. The molecule has 0 aromatic carbocycles. The second-order valence-corrected chi connectivity index (χ2v) is 5.00. The van der Waals surface area contributed by atoms with E-state index in [4.69, 9.17) is 4.74 Å².